The average molecular weight is 279 g/mol. The van der Waals surface area contributed by atoms with Crippen molar-refractivity contribution < 1.29 is 9.53 Å². The first-order valence-corrected chi connectivity index (χ1v) is 6.56. The quantitative estimate of drug-likeness (QED) is 0.827. The van der Waals surface area contributed by atoms with Crippen LogP contribution in [0.15, 0.2) is 18.3 Å². The molecule has 1 unspecified atom stereocenters. The van der Waals surface area contributed by atoms with E-state index in [4.69, 9.17) is 22.7 Å². The van der Waals surface area contributed by atoms with E-state index in [-0.39, 0.29) is 10.9 Å². The molecule has 2 N–H and O–H groups in total. The number of thiocarbonyl (C=S) groups is 1. The molecular weight excluding hydrogens is 262 g/mol. The van der Waals surface area contributed by atoms with Crippen LogP contribution in [0.5, 0.6) is 0 Å². The zero-order valence-corrected chi connectivity index (χ0v) is 11.7. The van der Waals surface area contributed by atoms with Crippen LogP contribution in [0.4, 0.5) is 0 Å². The summed E-state index contributed by atoms with van der Waals surface area (Å²) in [6.45, 7) is 2.18. The number of ether oxygens (including phenoxy) is 1. The molecule has 0 aliphatic carbocycles. The molecule has 5 nitrogen and oxygen atoms in total. The van der Waals surface area contributed by atoms with Gasteiger partial charge in [-0.15, -0.1) is 0 Å². The van der Waals surface area contributed by atoms with Gasteiger partial charge in [0.25, 0.3) is 5.91 Å². The Labute approximate surface area is 117 Å². The highest BCUT2D eigenvalue weighted by molar-refractivity contribution is 7.80. The highest BCUT2D eigenvalue weighted by atomic mass is 32.1. The third kappa shape index (κ3) is 3.27. The molecule has 1 amide bonds. The third-order valence-electron chi connectivity index (χ3n) is 3.24. The van der Waals surface area contributed by atoms with E-state index in [1.165, 1.54) is 6.20 Å². The minimum atomic E-state index is -0.0481. The van der Waals surface area contributed by atoms with E-state index >= 15 is 0 Å². The lowest BCUT2D eigenvalue weighted by Gasteiger charge is -2.16. The summed E-state index contributed by atoms with van der Waals surface area (Å²) in [7, 11) is 1.68. The number of aromatic nitrogens is 1. The molecule has 1 aliphatic heterocycles. The number of rotatable bonds is 4. The molecule has 1 aromatic rings. The Morgan fingerprint density at radius 3 is 3.00 bits per heavy atom. The van der Waals surface area contributed by atoms with E-state index in [9.17, 15) is 4.79 Å². The molecule has 102 valence electrons. The fraction of sp³-hybridized carbons (Fsp3) is 0.462. The zero-order chi connectivity index (χ0) is 13.8. The van der Waals surface area contributed by atoms with Crippen molar-refractivity contribution in [3.63, 3.8) is 0 Å². The van der Waals surface area contributed by atoms with Gasteiger partial charge in [0.05, 0.1) is 6.61 Å². The number of pyridine rings is 1. The van der Waals surface area contributed by atoms with E-state index in [0.29, 0.717) is 23.8 Å². The summed E-state index contributed by atoms with van der Waals surface area (Å²) in [6.07, 6.45) is 2.52. The van der Waals surface area contributed by atoms with Crippen LogP contribution in [-0.4, -0.2) is 47.6 Å². The number of nitrogens with zero attached hydrogens (tertiary/aromatic N) is 2. The first-order valence-electron chi connectivity index (χ1n) is 6.16. The van der Waals surface area contributed by atoms with E-state index in [0.717, 1.165) is 19.5 Å². The van der Waals surface area contributed by atoms with Gasteiger partial charge in [0.1, 0.15) is 10.7 Å². The molecule has 1 fully saturated rings. The number of amides is 1. The van der Waals surface area contributed by atoms with Crippen LogP contribution in [0.3, 0.4) is 0 Å². The maximum Gasteiger partial charge on any atom is 0.272 e. The second kappa shape index (κ2) is 6.08. The van der Waals surface area contributed by atoms with Gasteiger partial charge in [-0.1, -0.05) is 12.2 Å². The summed E-state index contributed by atoms with van der Waals surface area (Å²) < 4.78 is 5.12. The Balaban J connectivity index is 2.02. The maximum atomic E-state index is 12.2. The molecular formula is C13H17N3O2S. The topological polar surface area (TPSA) is 68.5 Å². The minimum Gasteiger partial charge on any atom is -0.389 e. The van der Waals surface area contributed by atoms with E-state index < -0.39 is 0 Å². The van der Waals surface area contributed by atoms with Crippen molar-refractivity contribution in [1.29, 1.82) is 0 Å². The molecule has 0 bridgehead atoms. The van der Waals surface area contributed by atoms with Gasteiger partial charge in [-0.3, -0.25) is 9.78 Å². The second-order valence-electron chi connectivity index (χ2n) is 4.66. The molecule has 0 aromatic carbocycles. The highest BCUT2D eigenvalue weighted by Gasteiger charge is 2.27. The predicted octanol–water partition coefficient (Wildman–Crippen LogP) is 0.824. The normalized spacial score (nSPS) is 18.6. The van der Waals surface area contributed by atoms with Gasteiger partial charge in [0.15, 0.2) is 0 Å². The fourth-order valence-electron chi connectivity index (χ4n) is 2.22. The van der Waals surface area contributed by atoms with Crippen molar-refractivity contribution in [2.45, 2.75) is 6.42 Å². The summed E-state index contributed by atoms with van der Waals surface area (Å²) in [6, 6.07) is 3.39. The summed E-state index contributed by atoms with van der Waals surface area (Å²) >= 11 is 4.85. The first-order chi connectivity index (χ1) is 9.11. The minimum absolute atomic E-state index is 0.0481. The molecule has 1 saturated heterocycles. The van der Waals surface area contributed by atoms with Crippen molar-refractivity contribution in [2.24, 2.45) is 11.7 Å². The molecule has 2 rings (SSSR count). The van der Waals surface area contributed by atoms with Crippen LogP contribution >= 0.6 is 12.2 Å². The van der Waals surface area contributed by atoms with Crippen LogP contribution in [0, 0.1) is 5.92 Å². The summed E-state index contributed by atoms with van der Waals surface area (Å²) in [5.74, 6) is 0.373. The zero-order valence-electron chi connectivity index (χ0n) is 10.8. The summed E-state index contributed by atoms with van der Waals surface area (Å²) in [5, 5.41) is 0. The standard InChI is InChI=1S/C13H17N3O2S/c1-18-8-9-4-5-16(7-9)13(17)11-3-2-10(6-15-11)12(14)19/h2-3,6,9H,4-5,7-8H2,1H3,(H2,14,19). The highest BCUT2D eigenvalue weighted by Crippen LogP contribution is 2.18. The van der Waals surface area contributed by atoms with Crippen LogP contribution in [0.1, 0.15) is 22.5 Å². The van der Waals surface area contributed by atoms with Crippen molar-refractivity contribution in [2.75, 3.05) is 26.8 Å². The van der Waals surface area contributed by atoms with Crippen molar-refractivity contribution in [3.05, 3.63) is 29.6 Å². The maximum absolute atomic E-state index is 12.2. The van der Waals surface area contributed by atoms with Crippen molar-refractivity contribution >= 4 is 23.1 Å². The smallest absolute Gasteiger partial charge is 0.272 e. The van der Waals surface area contributed by atoms with Crippen LogP contribution in [-0.2, 0) is 4.74 Å². The van der Waals surface area contributed by atoms with E-state index in [1.54, 1.807) is 19.2 Å². The monoisotopic (exact) mass is 279 g/mol. The van der Waals surface area contributed by atoms with E-state index in [2.05, 4.69) is 4.98 Å². The lowest BCUT2D eigenvalue weighted by Crippen LogP contribution is -2.30. The Kier molecular flexibility index (Phi) is 4.44. The molecule has 0 radical (unpaired) electrons. The van der Waals surface area contributed by atoms with Gasteiger partial charge in [-0.2, -0.15) is 0 Å². The molecule has 0 saturated carbocycles. The lowest BCUT2D eigenvalue weighted by molar-refractivity contribution is 0.0770. The van der Waals surface area contributed by atoms with E-state index in [1.807, 2.05) is 4.90 Å². The lowest BCUT2D eigenvalue weighted by atomic mass is 10.1. The summed E-state index contributed by atoms with van der Waals surface area (Å²) in [5.41, 5.74) is 6.60. The number of carbonyl (C=O) groups excluding carboxylic acids is 1. The molecule has 1 aromatic heterocycles. The number of methoxy groups -OCH3 is 1. The van der Waals surface area contributed by atoms with Crippen molar-refractivity contribution in [1.82, 2.24) is 9.88 Å². The van der Waals surface area contributed by atoms with Gasteiger partial charge in [-0.05, 0) is 18.6 Å². The molecule has 0 spiro atoms. The molecule has 1 aliphatic rings. The van der Waals surface area contributed by atoms with Gasteiger partial charge >= 0.3 is 0 Å². The SMILES string of the molecule is COCC1CCN(C(=O)c2ccc(C(N)=S)cn2)C1. The molecule has 6 heteroatoms. The van der Waals surface area contributed by atoms with Crippen molar-refractivity contribution in [3.8, 4) is 0 Å². The number of hydrogen-bond acceptors (Lipinski definition) is 4. The van der Waals surface area contributed by atoms with Crippen LogP contribution < -0.4 is 5.73 Å². The Hall–Kier alpha value is -1.53. The summed E-state index contributed by atoms with van der Waals surface area (Å²) in [4.78, 5) is 18.5. The molecule has 1 atom stereocenters. The van der Waals surface area contributed by atoms with Gasteiger partial charge in [0, 0.05) is 37.9 Å². The Morgan fingerprint density at radius 2 is 2.42 bits per heavy atom. The fourth-order valence-corrected chi connectivity index (χ4v) is 2.34. The Bertz CT molecular complexity index is 475. The average Bonchev–Trinajstić information content (AvgIpc) is 2.87. The van der Waals surface area contributed by atoms with Crippen LogP contribution in [0.25, 0.3) is 0 Å². The number of nitrogens with two attached hydrogens (primary N) is 1. The predicted molar refractivity (Wildman–Crippen MR) is 76.0 cm³/mol. The van der Waals surface area contributed by atoms with Gasteiger partial charge in [0.2, 0.25) is 0 Å². The second-order valence-corrected chi connectivity index (χ2v) is 5.10. The third-order valence-corrected chi connectivity index (χ3v) is 3.48. The Morgan fingerprint density at radius 1 is 1.63 bits per heavy atom. The number of likely N-dealkylation sites (tertiary alicyclic amines) is 1. The van der Waals surface area contributed by atoms with Gasteiger partial charge < -0.3 is 15.4 Å². The molecule has 19 heavy (non-hydrogen) atoms. The van der Waals surface area contributed by atoms with Gasteiger partial charge in [-0.25, -0.2) is 0 Å². The van der Waals surface area contributed by atoms with Crippen LogP contribution in [0.2, 0.25) is 0 Å². The molecule has 2 heterocycles. The number of hydrogen-bond donors (Lipinski definition) is 1. The number of carbonyl (C=O) groups is 1. The largest absolute Gasteiger partial charge is 0.389 e. The first kappa shape index (κ1) is 13.9.